The third kappa shape index (κ3) is 3.87. The molecule has 0 bridgehead atoms. The van der Waals surface area contributed by atoms with Gasteiger partial charge in [-0.15, -0.1) is 0 Å². The van der Waals surface area contributed by atoms with E-state index in [4.69, 9.17) is 0 Å². The number of Topliss-reactive ketones (excluding diaryl/α,β-unsaturated/α-hetero) is 2. The van der Waals surface area contributed by atoms with E-state index in [1.54, 1.807) is 19.9 Å². The van der Waals surface area contributed by atoms with Crippen molar-refractivity contribution >= 4 is 39.7 Å². The zero-order chi connectivity index (χ0) is 24.0. The molecule has 1 amide bonds. The lowest BCUT2D eigenvalue weighted by Crippen LogP contribution is -2.29. The number of thiazole rings is 1. The maximum atomic E-state index is 13.7. The molecule has 168 valence electrons. The normalized spacial score (nSPS) is 17.6. The topological polar surface area (TPSA) is 87.6 Å². The summed E-state index contributed by atoms with van der Waals surface area (Å²) in [6.07, 6.45) is 0. The standard InChI is InChI=1S/C25H21FN2O4S/c1-12-5-6-13(2)18(11-12)21(30)19-20(16-7-9-17(26)10-8-16)28(24(32)22(19)31)25-27-14(3)23(33-25)15(4)29/h5-11,20,30H,1-4H3. The van der Waals surface area contributed by atoms with Crippen molar-refractivity contribution in [1.29, 1.82) is 0 Å². The van der Waals surface area contributed by atoms with Crippen LogP contribution in [0.2, 0.25) is 0 Å². The molecule has 0 radical (unpaired) electrons. The van der Waals surface area contributed by atoms with Crippen molar-refractivity contribution in [2.24, 2.45) is 0 Å². The minimum Gasteiger partial charge on any atom is -0.507 e. The molecule has 8 heteroatoms. The summed E-state index contributed by atoms with van der Waals surface area (Å²) >= 11 is 1.00. The van der Waals surface area contributed by atoms with Gasteiger partial charge in [-0.3, -0.25) is 19.3 Å². The largest absolute Gasteiger partial charge is 0.507 e. The predicted octanol–water partition coefficient (Wildman–Crippen LogP) is 5.04. The fraction of sp³-hybridized carbons (Fsp3) is 0.200. The molecule has 0 spiro atoms. The molecule has 1 aliphatic heterocycles. The molecule has 1 aliphatic rings. The van der Waals surface area contributed by atoms with Crippen LogP contribution >= 0.6 is 11.3 Å². The first-order chi connectivity index (χ1) is 15.6. The number of ketones is 2. The summed E-state index contributed by atoms with van der Waals surface area (Å²) in [6.45, 7) is 6.70. The maximum Gasteiger partial charge on any atom is 0.301 e. The number of aliphatic hydroxyl groups excluding tert-OH is 1. The quantitative estimate of drug-likeness (QED) is 0.253. The molecule has 2 heterocycles. The van der Waals surface area contributed by atoms with Crippen LogP contribution in [0.1, 0.15) is 50.6 Å². The van der Waals surface area contributed by atoms with Crippen LogP contribution < -0.4 is 4.90 Å². The second kappa shape index (κ2) is 8.37. The van der Waals surface area contributed by atoms with Gasteiger partial charge in [-0.05, 0) is 50.1 Å². The van der Waals surface area contributed by atoms with Gasteiger partial charge in [0.2, 0.25) is 0 Å². The molecule has 1 saturated heterocycles. The lowest BCUT2D eigenvalue weighted by atomic mass is 9.93. The lowest BCUT2D eigenvalue weighted by Gasteiger charge is -2.23. The van der Waals surface area contributed by atoms with Crippen LogP contribution in [0.3, 0.4) is 0 Å². The van der Waals surface area contributed by atoms with Crippen molar-refractivity contribution in [1.82, 2.24) is 4.98 Å². The number of aryl methyl sites for hydroxylation is 3. The van der Waals surface area contributed by atoms with Gasteiger partial charge >= 0.3 is 5.91 Å². The predicted molar refractivity (Wildman–Crippen MR) is 124 cm³/mol. The molecular formula is C25H21FN2O4S. The molecule has 0 saturated carbocycles. The van der Waals surface area contributed by atoms with E-state index in [9.17, 15) is 23.9 Å². The Bertz CT molecular complexity index is 1340. The third-order valence-corrected chi connectivity index (χ3v) is 6.85. The highest BCUT2D eigenvalue weighted by molar-refractivity contribution is 7.18. The minimum atomic E-state index is -1.03. The van der Waals surface area contributed by atoms with Gasteiger partial charge in [-0.25, -0.2) is 9.37 Å². The molecule has 1 N–H and O–H groups in total. The summed E-state index contributed by atoms with van der Waals surface area (Å²) in [5.74, 6) is -2.75. The number of benzene rings is 2. The first-order valence-corrected chi connectivity index (χ1v) is 11.0. The Balaban J connectivity index is 1.98. The highest BCUT2D eigenvalue weighted by atomic mass is 32.1. The van der Waals surface area contributed by atoms with E-state index < -0.39 is 23.5 Å². The van der Waals surface area contributed by atoms with E-state index in [0.717, 1.165) is 22.5 Å². The maximum absolute atomic E-state index is 13.7. The molecule has 33 heavy (non-hydrogen) atoms. The number of rotatable bonds is 4. The summed E-state index contributed by atoms with van der Waals surface area (Å²) in [5, 5.41) is 11.4. The van der Waals surface area contributed by atoms with Crippen LogP contribution in [0.5, 0.6) is 0 Å². The fourth-order valence-corrected chi connectivity index (χ4v) is 4.93. The Morgan fingerprint density at radius 3 is 2.36 bits per heavy atom. The average Bonchev–Trinajstić information content (AvgIpc) is 3.27. The summed E-state index contributed by atoms with van der Waals surface area (Å²) in [4.78, 5) is 44.3. The molecule has 1 aromatic heterocycles. The number of carbonyl (C=O) groups is 3. The molecule has 6 nitrogen and oxygen atoms in total. The number of amides is 1. The first-order valence-electron chi connectivity index (χ1n) is 10.2. The number of nitrogens with zero attached hydrogens (tertiary/aromatic N) is 2. The Labute approximate surface area is 194 Å². The van der Waals surface area contributed by atoms with Gasteiger partial charge < -0.3 is 5.11 Å². The third-order valence-electron chi connectivity index (χ3n) is 5.59. The number of hydrogen-bond donors (Lipinski definition) is 1. The summed E-state index contributed by atoms with van der Waals surface area (Å²) in [5.41, 5.74) is 2.79. The van der Waals surface area contributed by atoms with Crippen LogP contribution in [-0.4, -0.2) is 27.6 Å². The van der Waals surface area contributed by atoms with Gasteiger partial charge in [-0.1, -0.05) is 41.2 Å². The van der Waals surface area contributed by atoms with E-state index in [2.05, 4.69) is 4.98 Å². The molecular weight excluding hydrogens is 443 g/mol. The summed E-state index contributed by atoms with van der Waals surface area (Å²) < 4.78 is 13.7. The van der Waals surface area contributed by atoms with Crippen molar-refractivity contribution in [3.63, 3.8) is 0 Å². The van der Waals surface area contributed by atoms with Gasteiger partial charge in [0.05, 0.1) is 22.2 Å². The second-order valence-corrected chi connectivity index (χ2v) is 8.98. The van der Waals surface area contributed by atoms with Crippen LogP contribution in [0.25, 0.3) is 5.76 Å². The SMILES string of the molecule is CC(=O)c1sc(N2C(=O)C(=O)C(=C(O)c3cc(C)ccc3C)C2c2ccc(F)cc2)nc1C. The number of aliphatic hydroxyl groups is 1. The van der Waals surface area contributed by atoms with Gasteiger partial charge in [0.25, 0.3) is 5.78 Å². The summed E-state index contributed by atoms with van der Waals surface area (Å²) in [6, 6.07) is 9.77. The van der Waals surface area contributed by atoms with Crippen molar-refractivity contribution in [3.05, 3.63) is 86.7 Å². The monoisotopic (exact) mass is 464 g/mol. The van der Waals surface area contributed by atoms with Gasteiger partial charge in [-0.2, -0.15) is 0 Å². The van der Waals surface area contributed by atoms with Gasteiger partial charge in [0, 0.05) is 12.5 Å². The molecule has 2 aromatic carbocycles. The minimum absolute atomic E-state index is 0.113. The number of anilines is 1. The van der Waals surface area contributed by atoms with E-state index in [1.165, 1.54) is 36.1 Å². The van der Waals surface area contributed by atoms with Crippen molar-refractivity contribution in [2.75, 3.05) is 4.90 Å². The van der Waals surface area contributed by atoms with Crippen LogP contribution in [0.4, 0.5) is 9.52 Å². The molecule has 0 aliphatic carbocycles. The van der Waals surface area contributed by atoms with E-state index in [0.29, 0.717) is 21.7 Å². The Morgan fingerprint density at radius 2 is 1.76 bits per heavy atom. The van der Waals surface area contributed by atoms with Crippen LogP contribution in [0, 0.1) is 26.6 Å². The van der Waals surface area contributed by atoms with Crippen molar-refractivity contribution in [2.45, 2.75) is 33.7 Å². The van der Waals surface area contributed by atoms with Crippen molar-refractivity contribution in [3.8, 4) is 0 Å². The number of hydrogen-bond acceptors (Lipinski definition) is 6. The highest BCUT2D eigenvalue weighted by Gasteiger charge is 2.48. The van der Waals surface area contributed by atoms with E-state index >= 15 is 0 Å². The fourth-order valence-electron chi connectivity index (χ4n) is 3.94. The smallest absolute Gasteiger partial charge is 0.301 e. The van der Waals surface area contributed by atoms with Crippen molar-refractivity contribution < 1.29 is 23.9 Å². The second-order valence-electron chi connectivity index (χ2n) is 8.01. The van der Waals surface area contributed by atoms with E-state index in [1.807, 2.05) is 19.1 Å². The number of halogens is 1. The van der Waals surface area contributed by atoms with Crippen LogP contribution in [0.15, 0.2) is 48.0 Å². The Hall–Kier alpha value is -3.65. The lowest BCUT2D eigenvalue weighted by molar-refractivity contribution is -0.132. The first kappa shape index (κ1) is 22.5. The van der Waals surface area contributed by atoms with Crippen LogP contribution in [-0.2, 0) is 9.59 Å². The number of aromatic nitrogens is 1. The average molecular weight is 465 g/mol. The highest BCUT2D eigenvalue weighted by Crippen LogP contribution is 2.44. The van der Waals surface area contributed by atoms with E-state index in [-0.39, 0.29) is 22.2 Å². The zero-order valence-corrected chi connectivity index (χ0v) is 19.3. The van der Waals surface area contributed by atoms with Gasteiger partial charge in [0.15, 0.2) is 10.9 Å². The molecule has 1 fully saturated rings. The Kier molecular flexibility index (Phi) is 5.71. The van der Waals surface area contributed by atoms with Gasteiger partial charge in [0.1, 0.15) is 11.6 Å². The molecule has 1 unspecified atom stereocenters. The Morgan fingerprint density at radius 1 is 1.09 bits per heavy atom. The number of carbonyl (C=O) groups excluding carboxylic acids is 3. The molecule has 4 rings (SSSR count). The summed E-state index contributed by atoms with van der Waals surface area (Å²) in [7, 11) is 0. The molecule has 1 atom stereocenters. The zero-order valence-electron chi connectivity index (χ0n) is 18.5. The molecule has 3 aromatic rings.